The van der Waals surface area contributed by atoms with Gasteiger partial charge in [-0.1, -0.05) is 29.3 Å². The van der Waals surface area contributed by atoms with E-state index < -0.39 is 0 Å². The second-order valence-electron chi connectivity index (χ2n) is 7.07. The van der Waals surface area contributed by atoms with E-state index in [1.54, 1.807) is 30.3 Å². The monoisotopic (exact) mass is 430 g/mol. The zero-order valence-electron chi connectivity index (χ0n) is 16.4. The minimum Gasteiger partial charge on any atom is -0.336 e. The summed E-state index contributed by atoms with van der Waals surface area (Å²) in [6, 6.07) is 12.2. The number of thiocarbonyl (C=S) groups is 1. The molecule has 2 aromatic carbocycles. The first-order chi connectivity index (χ1) is 13.8. The summed E-state index contributed by atoms with van der Waals surface area (Å²) in [6.07, 6.45) is 0. The number of benzene rings is 2. The van der Waals surface area contributed by atoms with Crippen molar-refractivity contribution >= 4 is 46.4 Å². The van der Waals surface area contributed by atoms with Gasteiger partial charge in [-0.2, -0.15) is 0 Å². The summed E-state index contributed by atoms with van der Waals surface area (Å²) in [7, 11) is 2.04. The average molecular weight is 431 g/mol. The number of hydrogen-bond donors (Lipinski definition) is 2. The number of carbonyl (C=O) groups excluding carboxylic acids is 2. The Hall–Kier alpha value is -2.48. The molecule has 1 fully saturated rings. The molecule has 0 unspecified atom stereocenters. The first-order valence-corrected chi connectivity index (χ1v) is 10.1. The molecule has 0 aromatic heterocycles. The smallest absolute Gasteiger partial charge is 0.257 e. The summed E-state index contributed by atoms with van der Waals surface area (Å²) in [5, 5.41) is 6.08. The van der Waals surface area contributed by atoms with E-state index in [0.29, 0.717) is 34.9 Å². The van der Waals surface area contributed by atoms with Crippen LogP contribution in [0, 0.1) is 6.92 Å². The van der Waals surface area contributed by atoms with Gasteiger partial charge in [0.25, 0.3) is 11.8 Å². The van der Waals surface area contributed by atoms with Gasteiger partial charge in [-0.3, -0.25) is 14.9 Å². The molecule has 152 valence electrons. The highest BCUT2D eigenvalue weighted by molar-refractivity contribution is 7.80. The number of nitrogens with one attached hydrogen (secondary N) is 2. The van der Waals surface area contributed by atoms with Crippen molar-refractivity contribution in [3.63, 3.8) is 0 Å². The van der Waals surface area contributed by atoms with E-state index >= 15 is 0 Å². The fourth-order valence-electron chi connectivity index (χ4n) is 3.06. The molecule has 0 spiro atoms. The first-order valence-electron chi connectivity index (χ1n) is 9.30. The quantitative estimate of drug-likeness (QED) is 0.732. The minimum atomic E-state index is -0.313. The number of hydrogen-bond acceptors (Lipinski definition) is 4. The van der Waals surface area contributed by atoms with Gasteiger partial charge in [0.05, 0.1) is 10.7 Å². The molecule has 3 rings (SSSR count). The molecule has 2 amide bonds. The lowest BCUT2D eigenvalue weighted by Crippen LogP contribution is -2.47. The maximum absolute atomic E-state index is 12.8. The van der Waals surface area contributed by atoms with Crippen LogP contribution in [0.2, 0.25) is 5.02 Å². The minimum absolute atomic E-state index is 0.0486. The Kier molecular flexibility index (Phi) is 6.84. The van der Waals surface area contributed by atoms with E-state index in [0.717, 1.165) is 18.7 Å². The molecule has 29 heavy (non-hydrogen) atoms. The van der Waals surface area contributed by atoms with Gasteiger partial charge in [-0.15, -0.1) is 0 Å². The van der Waals surface area contributed by atoms with Crippen molar-refractivity contribution in [3.8, 4) is 0 Å². The summed E-state index contributed by atoms with van der Waals surface area (Å²) < 4.78 is 0. The summed E-state index contributed by atoms with van der Waals surface area (Å²) in [6.45, 7) is 4.98. The van der Waals surface area contributed by atoms with Crippen molar-refractivity contribution in [3.05, 3.63) is 64.2 Å². The average Bonchev–Trinajstić information content (AvgIpc) is 2.69. The maximum atomic E-state index is 12.8. The lowest BCUT2D eigenvalue weighted by atomic mass is 10.1. The number of piperazine rings is 1. The molecule has 0 aliphatic carbocycles. The van der Waals surface area contributed by atoms with Gasteiger partial charge in [0.1, 0.15) is 0 Å². The van der Waals surface area contributed by atoms with Crippen LogP contribution in [0.1, 0.15) is 26.3 Å². The van der Waals surface area contributed by atoms with Crippen LogP contribution in [0.3, 0.4) is 0 Å². The van der Waals surface area contributed by atoms with Gasteiger partial charge >= 0.3 is 0 Å². The molecule has 1 heterocycles. The van der Waals surface area contributed by atoms with Crippen LogP contribution in [0.5, 0.6) is 0 Å². The number of anilines is 1. The molecule has 8 heteroatoms. The molecule has 6 nitrogen and oxygen atoms in total. The predicted molar refractivity (Wildman–Crippen MR) is 120 cm³/mol. The van der Waals surface area contributed by atoms with E-state index in [1.165, 1.54) is 0 Å². The zero-order chi connectivity index (χ0) is 21.0. The van der Waals surface area contributed by atoms with Crippen molar-refractivity contribution in [1.29, 1.82) is 0 Å². The molecule has 1 saturated heterocycles. The molecule has 1 aliphatic rings. The highest BCUT2D eigenvalue weighted by Crippen LogP contribution is 2.24. The lowest BCUT2D eigenvalue weighted by molar-refractivity contribution is 0.0664. The van der Waals surface area contributed by atoms with E-state index in [4.69, 9.17) is 23.8 Å². The van der Waals surface area contributed by atoms with E-state index in [2.05, 4.69) is 15.5 Å². The maximum Gasteiger partial charge on any atom is 0.257 e. The Bertz CT molecular complexity index is 942. The van der Waals surface area contributed by atoms with Crippen LogP contribution in [0.15, 0.2) is 42.5 Å². The fraction of sp³-hybridized carbons (Fsp3) is 0.286. The Labute approximate surface area is 180 Å². The molecule has 0 saturated carbocycles. The van der Waals surface area contributed by atoms with Crippen LogP contribution in [0.4, 0.5) is 5.69 Å². The normalized spacial score (nSPS) is 14.4. The topological polar surface area (TPSA) is 64.7 Å². The Morgan fingerprint density at radius 3 is 2.45 bits per heavy atom. The van der Waals surface area contributed by atoms with Crippen LogP contribution in [0.25, 0.3) is 0 Å². The van der Waals surface area contributed by atoms with Gasteiger partial charge in [0.2, 0.25) is 0 Å². The van der Waals surface area contributed by atoms with Crippen molar-refractivity contribution in [2.45, 2.75) is 6.92 Å². The van der Waals surface area contributed by atoms with Gasteiger partial charge in [0.15, 0.2) is 5.11 Å². The molecular formula is C21H23ClN4O2S. The number of halogens is 1. The van der Waals surface area contributed by atoms with E-state index in [9.17, 15) is 9.59 Å². The van der Waals surface area contributed by atoms with Gasteiger partial charge in [0, 0.05) is 37.3 Å². The Morgan fingerprint density at radius 2 is 1.76 bits per heavy atom. The summed E-state index contributed by atoms with van der Waals surface area (Å²) in [5.41, 5.74) is 2.49. The molecule has 0 radical (unpaired) electrons. The molecule has 2 N–H and O–H groups in total. The van der Waals surface area contributed by atoms with Crippen molar-refractivity contribution in [2.75, 3.05) is 38.5 Å². The summed E-state index contributed by atoms with van der Waals surface area (Å²) in [5.74, 6) is -0.362. The highest BCUT2D eigenvalue weighted by atomic mass is 35.5. The Morgan fingerprint density at radius 1 is 1.03 bits per heavy atom. The van der Waals surface area contributed by atoms with Crippen molar-refractivity contribution in [1.82, 2.24) is 15.1 Å². The van der Waals surface area contributed by atoms with Gasteiger partial charge < -0.3 is 15.1 Å². The highest BCUT2D eigenvalue weighted by Gasteiger charge is 2.21. The number of likely N-dealkylation sites (N-methyl/N-ethyl adjacent to an activating group) is 1. The second kappa shape index (κ2) is 9.35. The number of carbonyl (C=O) groups is 2. The SMILES string of the molecule is Cc1cccc(C(=O)NC(=S)Nc2cc(C(=O)N3CCN(C)CC3)ccc2Cl)c1. The first kappa shape index (κ1) is 21.2. The van der Waals surface area contributed by atoms with Crippen LogP contribution < -0.4 is 10.6 Å². The molecular weight excluding hydrogens is 408 g/mol. The van der Waals surface area contributed by atoms with E-state index in [-0.39, 0.29) is 16.9 Å². The number of rotatable bonds is 3. The Balaban J connectivity index is 1.67. The third-order valence-electron chi connectivity index (χ3n) is 4.76. The standard InChI is InChI=1S/C21H23ClN4O2S/c1-14-4-3-5-15(12-14)19(27)24-21(29)23-18-13-16(6-7-17(18)22)20(28)26-10-8-25(2)9-11-26/h3-7,12-13H,8-11H2,1-2H3,(H2,23,24,27,29). The van der Waals surface area contributed by atoms with Gasteiger partial charge in [-0.25, -0.2) is 0 Å². The zero-order valence-corrected chi connectivity index (χ0v) is 17.9. The number of nitrogens with zero attached hydrogens (tertiary/aromatic N) is 2. The van der Waals surface area contributed by atoms with Gasteiger partial charge in [-0.05, 0) is 56.5 Å². The largest absolute Gasteiger partial charge is 0.336 e. The van der Waals surface area contributed by atoms with E-state index in [1.807, 2.05) is 31.0 Å². The van der Waals surface area contributed by atoms with Crippen LogP contribution in [-0.2, 0) is 0 Å². The lowest BCUT2D eigenvalue weighted by Gasteiger charge is -2.32. The molecule has 1 aliphatic heterocycles. The molecule has 0 atom stereocenters. The predicted octanol–water partition coefficient (Wildman–Crippen LogP) is 3.16. The number of amides is 2. The summed E-state index contributed by atoms with van der Waals surface area (Å²) in [4.78, 5) is 29.2. The third-order valence-corrected chi connectivity index (χ3v) is 5.29. The van der Waals surface area contributed by atoms with Crippen LogP contribution in [-0.4, -0.2) is 60.0 Å². The molecule has 0 bridgehead atoms. The fourth-order valence-corrected chi connectivity index (χ4v) is 3.43. The second-order valence-corrected chi connectivity index (χ2v) is 7.88. The molecule has 2 aromatic rings. The third kappa shape index (κ3) is 5.53. The summed E-state index contributed by atoms with van der Waals surface area (Å²) >= 11 is 11.5. The van der Waals surface area contributed by atoms with Crippen molar-refractivity contribution < 1.29 is 9.59 Å². The van der Waals surface area contributed by atoms with Crippen LogP contribution >= 0.6 is 23.8 Å². The van der Waals surface area contributed by atoms with Crippen molar-refractivity contribution in [2.24, 2.45) is 0 Å². The number of aryl methyl sites for hydroxylation is 1.